The summed E-state index contributed by atoms with van der Waals surface area (Å²) in [5, 5.41) is 9.78. The van der Waals surface area contributed by atoms with E-state index in [4.69, 9.17) is 11.6 Å². The van der Waals surface area contributed by atoms with Gasteiger partial charge in [0.15, 0.2) is 9.84 Å². The molecule has 0 atom stereocenters. The zero-order valence-electron chi connectivity index (χ0n) is 11.8. The third-order valence-corrected chi connectivity index (χ3v) is 4.13. The number of likely N-dealkylation sites (N-methyl/N-ethyl adjacent to an activating group) is 1. The normalized spacial score (nSPS) is 12.3. The minimum absolute atomic E-state index is 0.0780. The lowest BCUT2D eigenvalue weighted by molar-refractivity contribution is 0.0368. The zero-order chi connectivity index (χ0) is 15.7. The molecule has 0 saturated heterocycles. The maximum absolute atomic E-state index is 12.2. The molecule has 0 unspecified atom stereocenters. The van der Waals surface area contributed by atoms with Crippen LogP contribution in [0, 0.1) is 0 Å². The quantitative estimate of drug-likeness (QED) is 0.914. The van der Waals surface area contributed by atoms with Crippen LogP contribution in [-0.2, 0) is 9.84 Å². The van der Waals surface area contributed by atoms with Gasteiger partial charge in [-0.05, 0) is 32.0 Å². The first-order valence-corrected chi connectivity index (χ1v) is 8.16. The number of benzene rings is 1. The van der Waals surface area contributed by atoms with Gasteiger partial charge >= 0.3 is 0 Å². The summed E-state index contributed by atoms with van der Waals surface area (Å²) in [5.41, 5.74) is -0.821. The number of rotatable bonds is 4. The van der Waals surface area contributed by atoms with E-state index in [-0.39, 0.29) is 27.9 Å². The molecule has 0 aliphatic carbocycles. The Morgan fingerprint density at radius 2 is 1.95 bits per heavy atom. The number of hydrogen-bond acceptors (Lipinski definition) is 4. The Kier molecular flexibility index (Phi) is 4.84. The van der Waals surface area contributed by atoms with Crippen LogP contribution in [0.25, 0.3) is 0 Å². The Hall–Kier alpha value is -1.11. The maximum atomic E-state index is 12.2. The van der Waals surface area contributed by atoms with Crippen LogP contribution in [0.15, 0.2) is 23.1 Å². The first-order chi connectivity index (χ1) is 8.92. The summed E-state index contributed by atoms with van der Waals surface area (Å²) in [7, 11) is -1.97. The standard InChI is InChI=1S/C13H18ClNO4S/c1-13(2,17)8-15(3)12(16)9-5-6-10(14)11(7-9)20(4,18)19/h5-7,17H,8H2,1-4H3. The monoisotopic (exact) mass is 319 g/mol. The molecule has 20 heavy (non-hydrogen) atoms. The van der Waals surface area contributed by atoms with Crippen LogP contribution in [0.5, 0.6) is 0 Å². The molecule has 1 aromatic rings. The first-order valence-electron chi connectivity index (χ1n) is 5.89. The van der Waals surface area contributed by atoms with Crippen molar-refractivity contribution in [2.45, 2.75) is 24.3 Å². The Balaban J connectivity index is 3.13. The van der Waals surface area contributed by atoms with Crippen LogP contribution in [0.1, 0.15) is 24.2 Å². The second-order valence-corrected chi connectivity index (χ2v) is 7.78. The Bertz CT molecular complexity index is 620. The molecule has 0 saturated carbocycles. The van der Waals surface area contributed by atoms with Crippen molar-refractivity contribution in [1.29, 1.82) is 0 Å². The van der Waals surface area contributed by atoms with Gasteiger partial charge in [0.2, 0.25) is 0 Å². The van der Waals surface area contributed by atoms with Gasteiger partial charge in [-0.1, -0.05) is 11.6 Å². The summed E-state index contributed by atoms with van der Waals surface area (Å²) in [4.78, 5) is 13.4. The van der Waals surface area contributed by atoms with Crippen molar-refractivity contribution in [2.75, 3.05) is 19.8 Å². The minimum Gasteiger partial charge on any atom is -0.389 e. The van der Waals surface area contributed by atoms with E-state index >= 15 is 0 Å². The van der Waals surface area contributed by atoms with Gasteiger partial charge in [0.05, 0.1) is 15.5 Å². The van der Waals surface area contributed by atoms with E-state index in [0.29, 0.717) is 0 Å². The third-order valence-electron chi connectivity index (χ3n) is 2.55. The topological polar surface area (TPSA) is 74.7 Å². The fraction of sp³-hybridized carbons (Fsp3) is 0.462. The summed E-state index contributed by atoms with van der Waals surface area (Å²) in [6, 6.07) is 4.09. The van der Waals surface area contributed by atoms with Crippen molar-refractivity contribution < 1.29 is 18.3 Å². The van der Waals surface area contributed by atoms with Gasteiger partial charge in [0.25, 0.3) is 5.91 Å². The second-order valence-electron chi connectivity index (χ2n) is 5.39. The number of hydrogen-bond donors (Lipinski definition) is 1. The lowest BCUT2D eigenvalue weighted by atomic mass is 10.1. The smallest absolute Gasteiger partial charge is 0.253 e. The zero-order valence-corrected chi connectivity index (χ0v) is 13.4. The molecular weight excluding hydrogens is 302 g/mol. The third kappa shape index (κ3) is 4.47. The highest BCUT2D eigenvalue weighted by Crippen LogP contribution is 2.23. The van der Waals surface area contributed by atoms with Crippen LogP contribution >= 0.6 is 11.6 Å². The van der Waals surface area contributed by atoms with Crippen molar-refractivity contribution in [3.63, 3.8) is 0 Å². The lowest BCUT2D eigenvalue weighted by Crippen LogP contribution is -2.39. The molecule has 5 nitrogen and oxygen atoms in total. The maximum Gasteiger partial charge on any atom is 0.253 e. The van der Waals surface area contributed by atoms with Crippen LogP contribution in [0.2, 0.25) is 5.02 Å². The number of carbonyl (C=O) groups excluding carboxylic acids is 1. The van der Waals surface area contributed by atoms with Crippen molar-refractivity contribution in [3.05, 3.63) is 28.8 Å². The lowest BCUT2D eigenvalue weighted by Gasteiger charge is -2.25. The molecule has 112 valence electrons. The molecule has 7 heteroatoms. The van der Waals surface area contributed by atoms with Gasteiger partial charge < -0.3 is 10.0 Å². The van der Waals surface area contributed by atoms with Crippen LogP contribution in [0.4, 0.5) is 0 Å². The molecular formula is C13H18ClNO4S. The highest BCUT2D eigenvalue weighted by Gasteiger charge is 2.22. The fourth-order valence-electron chi connectivity index (χ4n) is 1.79. The van der Waals surface area contributed by atoms with Gasteiger partial charge in [0.1, 0.15) is 0 Å². The van der Waals surface area contributed by atoms with Crippen LogP contribution in [-0.4, -0.2) is 49.8 Å². The fourth-order valence-corrected chi connectivity index (χ4v) is 3.09. The van der Waals surface area contributed by atoms with Gasteiger partial charge in [-0.25, -0.2) is 8.42 Å². The highest BCUT2D eigenvalue weighted by molar-refractivity contribution is 7.90. The predicted octanol–water partition coefficient (Wildman–Crippen LogP) is 1.59. The number of amides is 1. The van der Waals surface area contributed by atoms with E-state index in [0.717, 1.165) is 6.26 Å². The van der Waals surface area contributed by atoms with Gasteiger partial charge in [-0.2, -0.15) is 0 Å². The number of carbonyl (C=O) groups is 1. The number of halogens is 1. The van der Waals surface area contributed by atoms with E-state index < -0.39 is 15.4 Å². The Labute approximate surface area is 124 Å². The molecule has 0 bridgehead atoms. The molecule has 0 fully saturated rings. The van der Waals surface area contributed by atoms with Crippen LogP contribution < -0.4 is 0 Å². The SMILES string of the molecule is CN(CC(C)(C)O)C(=O)c1ccc(Cl)c(S(C)(=O)=O)c1. The number of sulfone groups is 1. The average molecular weight is 320 g/mol. The Morgan fingerprint density at radius 1 is 1.40 bits per heavy atom. The molecule has 1 amide bonds. The van der Waals surface area contributed by atoms with Crippen LogP contribution in [0.3, 0.4) is 0 Å². The molecule has 0 spiro atoms. The molecule has 1 rings (SSSR count). The molecule has 0 aliphatic rings. The summed E-state index contributed by atoms with van der Waals surface area (Å²) in [5.74, 6) is -0.381. The molecule has 1 N–H and O–H groups in total. The van der Waals surface area contributed by atoms with Crippen molar-refractivity contribution >= 4 is 27.3 Å². The van der Waals surface area contributed by atoms with Crippen molar-refractivity contribution in [1.82, 2.24) is 4.90 Å². The van der Waals surface area contributed by atoms with E-state index in [1.807, 2.05) is 0 Å². The molecule has 0 aromatic heterocycles. The molecule has 1 aromatic carbocycles. The van der Waals surface area contributed by atoms with E-state index in [1.165, 1.54) is 30.1 Å². The largest absolute Gasteiger partial charge is 0.389 e. The van der Waals surface area contributed by atoms with Crippen molar-refractivity contribution in [2.24, 2.45) is 0 Å². The number of aliphatic hydroxyl groups is 1. The first kappa shape index (κ1) is 16.9. The number of nitrogens with zero attached hydrogens (tertiary/aromatic N) is 1. The van der Waals surface area contributed by atoms with Gasteiger partial charge in [0, 0.05) is 25.4 Å². The predicted molar refractivity (Wildman–Crippen MR) is 77.8 cm³/mol. The molecule has 0 radical (unpaired) electrons. The average Bonchev–Trinajstić information content (AvgIpc) is 2.24. The van der Waals surface area contributed by atoms with Gasteiger partial charge in [-0.3, -0.25) is 4.79 Å². The minimum atomic E-state index is -3.50. The summed E-state index contributed by atoms with van der Waals surface area (Å²) >= 11 is 5.83. The second kappa shape index (κ2) is 5.71. The summed E-state index contributed by atoms with van der Waals surface area (Å²) < 4.78 is 23.2. The summed E-state index contributed by atoms with van der Waals surface area (Å²) in [6.45, 7) is 3.30. The van der Waals surface area contributed by atoms with Gasteiger partial charge in [-0.15, -0.1) is 0 Å². The summed E-state index contributed by atoms with van der Waals surface area (Å²) in [6.07, 6.45) is 1.03. The highest BCUT2D eigenvalue weighted by atomic mass is 35.5. The van der Waals surface area contributed by atoms with E-state index in [2.05, 4.69) is 0 Å². The molecule has 0 heterocycles. The van der Waals surface area contributed by atoms with E-state index in [9.17, 15) is 18.3 Å². The van der Waals surface area contributed by atoms with Crippen molar-refractivity contribution in [3.8, 4) is 0 Å². The molecule has 0 aliphatic heterocycles. The van der Waals surface area contributed by atoms with E-state index in [1.54, 1.807) is 13.8 Å². The Morgan fingerprint density at radius 3 is 2.40 bits per heavy atom.